The summed E-state index contributed by atoms with van der Waals surface area (Å²) in [6.07, 6.45) is -1.72. The number of hydroxylamine groups is 2. The first-order chi connectivity index (χ1) is 15.8. The van der Waals surface area contributed by atoms with Gasteiger partial charge in [-0.15, -0.1) is 0 Å². The molecule has 188 valence electrons. The molecule has 6 N–H and O–H groups in total. The van der Waals surface area contributed by atoms with Crippen molar-refractivity contribution in [3.8, 4) is 0 Å². The van der Waals surface area contributed by atoms with Crippen molar-refractivity contribution >= 4 is 30.8 Å². The van der Waals surface area contributed by atoms with E-state index in [4.69, 9.17) is 19.5 Å². The lowest BCUT2D eigenvalue weighted by Gasteiger charge is -2.51. The fourth-order valence-electron chi connectivity index (χ4n) is 5.37. The Bertz CT molecular complexity index is 1140. The maximum absolute atomic E-state index is 11.9. The number of aromatic nitrogens is 4. The van der Waals surface area contributed by atoms with Crippen LogP contribution in [0.1, 0.15) is 46.8 Å². The van der Waals surface area contributed by atoms with Crippen LogP contribution in [0.5, 0.6) is 0 Å². The fourth-order valence-corrected chi connectivity index (χ4v) is 6.34. The van der Waals surface area contributed by atoms with Gasteiger partial charge >= 0.3 is 7.82 Å². The van der Waals surface area contributed by atoms with Crippen LogP contribution in [0.25, 0.3) is 11.2 Å². The lowest BCUT2D eigenvalue weighted by atomic mass is 9.79. The highest BCUT2D eigenvalue weighted by Gasteiger charge is 2.53. The Balaban J connectivity index is 1.53. The van der Waals surface area contributed by atoms with Crippen molar-refractivity contribution in [2.24, 2.45) is 0 Å². The number of nitrogen functional groups attached to an aromatic ring is 1. The molecule has 5 atom stereocenters. The zero-order valence-corrected chi connectivity index (χ0v) is 20.2. The molecule has 5 rings (SSSR count). The van der Waals surface area contributed by atoms with Gasteiger partial charge in [-0.3, -0.25) is 13.6 Å². The molecule has 0 bridgehead atoms. The Kier molecular flexibility index (Phi) is 5.47. The molecule has 2 aromatic rings. The maximum atomic E-state index is 11.9. The second kappa shape index (κ2) is 7.80. The first kappa shape index (κ1) is 23.8. The maximum Gasteiger partial charge on any atom is 0.472 e. The molecule has 3 aliphatic rings. The van der Waals surface area contributed by atoms with Crippen LogP contribution in [0, 0.1) is 0 Å². The molecule has 0 amide bonds. The SMILES string of the molecule is CC1(C)CC(Nc2nc3c(N)ncnc3n2[C@@H]2O[C@@H]3COP(=O)(O)OC3C2O)CC(C)(C)N1O. The van der Waals surface area contributed by atoms with E-state index in [2.05, 4.69) is 20.3 Å². The van der Waals surface area contributed by atoms with Crippen LogP contribution in [0.2, 0.25) is 0 Å². The molecule has 5 heterocycles. The number of ether oxygens (including phenoxy) is 1. The smallest absolute Gasteiger partial charge is 0.386 e. The van der Waals surface area contributed by atoms with E-state index in [1.807, 2.05) is 27.7 Å². The number of aliphatic hydroxyl groups is 1. The summed E-state index contributed by atoms with van der Waals surface area (Å²) in [5.41, 5.74) is 5.66. The Morgan fingerprint density at radius 2 is 1.91 bits per heavy atom. The molecule has 34 heavy (non-hydrogen) atoms. The van der Waals surface area contributed by atoms with E-state index in [0.717, 1.165) is 0 Å². The van der Waals surface area contributed by atoms with E-state index in [1.165, 1.54) is 11.4 Å². The topological polar surface area (TPSA) is 190 Å². The lowest BCUT2D eigenvalue weighted by molar-refractivity contribution is -0.243. The summed E-state index contributed by atoms with van der Waals surface area (Å²) in [6.45, 7) is 7.60. The summed E-state index contributed by atoms with van der Waals surface area (Å²) < 4.78 is 29.4. The van der Waals surface area contributed by atoms with Crippen molar-refractivity contribution in [2.75, 3.05) is 17.7 Å². The quantitative estimate of drug-likeness (QED) is 0.376. The molecule has 14 nitrogen and oxygen atoms in total. The predicted octanol–water partition coefficient (Wildman–Crippen LogP) is 1.01. The van der Waals surface area contributed by atoms with E-state index in [9.17, 15) is 19.8 Å². The molecule has 15 heteroatoms. The van der Waals surface area contributed by atoms with Crippen LogP contribution in [0.3, 0.4) is 0 Å². The van der Waals surface area contributed by atoms with Gasteiger partial charge in [0.05, 0.1) is 6.61 Å². The highest BCUT2D eigenvalue weighted by molar-refractivity contribution is 7.47. The van der Waals surface area contributed by atoms with Crippen LogP contribution in [-0.2, 0) is 18.3 Å². The molecule has 3 aliphatic heterocycles. The number of hydrogen-bond donors (Lipinski definition) is 5. The van der Waals surface area contributed by atoms with Gasteiger partial charge in [-0.1, -0.05) is 0 Å². The molecular formula is C19H30N7O7P. The van der Waals surface area contributed by atoms with Gasteiger partial charge < -0.3 is 31.0 Å². The van der Waals surface area contributed by atoms with Gasteiger partial charge in [-0.05, 0) is 40.5 Å². The summed E-state index contributed by atoms with van der Waals surface area (Å²) in [7, 11) is -4.28. The molecule has 0 saturated carbocycles. The Labute approximate surface area is 195 Å². The van der Waals surface area contributed by atoms with Crippen molar-refractivity contribution in [3.05, 3.63) is 6.33 Å². The number of fused-ring (bicyclic) bond motifs is 2. The Morgan fingerprint density at radius 3 is 2.59 bits per heavy atom. The summed E-state index contributed by atoms with van der Waals surface area (Å²) in [4.78, 5) is 22.6. The van der Waals surface area contributed by atoms with Crippen LogP contribution >= 0.6 is 7.82 Å². The van der Waals surface area contributed by atoms with Crippen molar-refractivity contribution in [3.63, 3.8) is 0 Å². The zero-order valence-electron chi connectivity index (χ0n) is 19.3. The number of nitrogens with two attached hydrogens (primary N) is 1. The average Bonchev–Trinajstić information content (AvgIpc) is 3.23. The van der Waals surface area contributed by atoms with Crippen molar-refractivity contribution < 1.29 is 33.6 Å². The summed E-state index contributed by atoms with van der Waals surface area (Å²) in [5.74, 6) is 0.489. The zero-order chi connectivity index (χ0) is 24.6. The minimum absolute atomic E-state index is 0.101. The van der Waals surface area contributed by atoms with Gasteiger partial charge in [0.1, 0.15) is 24.6 Å². The molecule has 0 radical (unpaired) electrons. The first-order valence-corrected chi connectivity index (χ1v) is 12.5. The second-order valence-corrected chi connectivity index (χ2v) is 11.7. The van der Waals surface area contributed by atoms with Crippen LogP contribution in [-0.4, -0.2) is 81.8 Å². The number of nitrogens with one attached hydrogen (secondary N) is 1. The number of anilines is 2. The first-order valence-electron chi connectivity index (χ1n) is 11.0. The van der Waals surface area contributed by atoms with Crippen molar-refractivity contribution in [1.29, 1.82) is 0 Å². The number of imidazole rings is 1. The molecule has 3 unspecified atom stereocenters. The molecule has 0 aromatic carbocycles. The van der Waals surface area contributed by atoms with Gasteiger partial charge in [0.15, 0.2) is 23.2 Å². The van der Waals surface area contributed by atoms with Gasteiger partial charge in [0.25, 0.3) is 0 Å². The third kappa shape index (κ3) is 3.88. The molecule has 3 fully saturated rings. The molecular weight excluding hydrogens is 469 g/mol. The number of phosphoric acid groups is 1. The van der Waals surface area contributed by atoms with Gasteiger partial charge in [0.2, 0.25) is 5.95 Å². The Morgan fingerprint density at radius 1 is 1.24 bits per heavy atom. The Hall–Kier alpha value is -1.90. The number of aliphatic hydroxyl groups excluding tert-OH is 1. The largest absolute Gasteiger partial charge is 0.472 e. The standard InChI is InChI=1S/C19H30N7O7P/c1-18(2)5-9(6-19(3,4)26(18)28)23-17-24-11-14(20)21-8-22-15(11)25(17)16-12(27)13-10(32-16)7-31-34(29,30)33-13/h8-10,12-13,16,27-28H,5-7H2,1-4H3,(H,23,24)(H,29,30)(H2,20,21,22)/t10-,12?,13?,16-/m1/s1. The van der Waals surface area contributed by atoms with Crippen LogP contribution in [0.15, 0.2) is 6.33 Å². The average molecular weight is 499 g/mol. The number of piperidine rings is 1. The van der Waals surface area contributed by atoms with E-state index in [1.54, 1.807) is 4.57 Å². The number of hydrogen-bond acceptors (Lipinski definition) is 12. The predicted molar refractivity (Wildman–Crippen MR) is 119 cm³/mol. The minimum Gasteiger partial charge on any atom is -0.386 e. The normalized spacial score (nSPS) is 36.0. The highest BCUT2D eigenvalue weighted by atomic mass is 31.2. The minimum atomic E-state index is -4.28. The van der Waals surface area contributed by atoms with Crippen LogP contribution < -0.4 is 11.1 Å². The van der Waals surface area contributed by atoms with Gasteiger partial charge in [-0.2, -0.15) is 5.06 Å². The number of rotatable bonds is 3. The highest BCUT2D eigenvalue weighted by Crippen LogP contribution is 2.53. The van der Waals surface area contributed by atoms with Gasteiger partial charge in [0, 0.05) is 17.1 Å². The monoisotopic (exact) mass is 499 g/mol. The van der Waals surface area contributed by atoms with E-state index < -0.39 is 43.4 Å². The summed E-state index contributed by atoms with van der Waals surface area (Å²) >= 11 is 0. The molecule has 2 aromatic heterocycles. The lowest BCUT2D eigenvalue weighted by Crippen LogP contribution is -2.61. The number of nitrogens with zero attached hydrogens (tertiary/aromatic N) is 5. The van der Waals surface area contributed by atoms with E-state index in [-0.39, 0.29) is 18.5 Å². The third-order valence-electron chi connectivity index (χ3n) is 6.70. The number of phosphoric ester groups is 1. The van der Waals surface area contributed by atoms with E-state index >= 15 is 0 Å². The molecule has 0 aliphatic carbocycles. The second-order valence-electron chi connectivity index (χ2n) is 10.3. The molecule has 0 spiro atoms. The fraction of sp³-hybridized carbons (Fsp3) is 0.737. The summed E-state index contributed by atoms with van der Waals surface area (Å²) in [5, 5.41) is 26.5. The van der Waals surface area contributed by atoms with Crippen molar-refractivity contribution in [2.45, 2.75) is 82.2 Å². The van der Waals surface area contributed by atoms with Crippen LogP contribution in [0.4, 0.5) is 11.8 Å². The third-order valence-corrected chi connectivity index (χ3v) is 7.68. The summed E-state index contributed by atoms with van der Waals surface area (Å²) in [6, 6.07) is -0.101. The van der Waals surface area contributed by atoms with Gasteiger partial charge in [-0.25, -0.2) is 19.5 Å². The van der Waals surface area contributed by atoms with Crippen molar-refractivity contribution in [1.82, 2.24) is 24.6 Å². The van der Waals surface area contributed by atoms with E-state index in [0.29, 0.717) is 30.0 Å². The molecule has 3 saturated heterocycles.